The van der Waals surface area contributed by atoms with Crippen LogP contribution in [0.2, 0.25) is 0 Å². The maximum Gasteiger partial charge on any atom is 0.315 e. The molecule has 0 heterocycles. The number of urea groups is 1. The molecule has 5 heteroatoms. The topological polar surface area (TPSA) is 78.4 Å². The van der Waals surface area contributed by atoms with Gasteiger partial charge in [-0.15, -0.1) is 0 Å². The van der Waals surface area contributed by atoms with Crippen molar-refractivity contribution in [1.29, 1.82) is 0 Å². The quantitative estimate of drug-likeness (QED) is 0.726. The van der Waals surface area contributed by atoms with Gasteiger partial charge in [0, 0.05) is 12.1 Å². The van der Waals surface area contributed by atoms with Crippen LogP contribution in [-0.2, 0) is 4.79 Å². The van der Waals surface area contributed by atoms with Crippen molar-refractivity contribution < 1.29 is 14.7 Å². The van der Waals surface area contributed by atoms with Crippen molar-refractivity contribution in [2.24, 2.45) is 11.3 Å². The minimum atomic E-state index is -0.886. The van der Waals surface area contributed by atoms with Crippen molar-refractivity contribution in [3.8, 4) is 0 Å². The monoisotopic (exact) mass is 284 g/mol. The van der Waals surface area contributed by atoms with Crippen molar-refractivity contribution >= 4 is 12.0 Å². The third kappa shape index (κ3) is 5.80. The molecule has 2 amide bonds. The number of carbonyl (C=O) groups excluding carboxylic acids is 1. The fourth-order valence-corrected chi connectivity index (χ4v) is 2.86. The molecule has 2 atom stereocenters. The lowest BCUT2D eigenvalue weighted by atomic mass is 9.75. The summed E-state index contributed by atoms with van der Waals surface area (Å²) in [5, 5.41) is 14.6. The first-order valence-electron chi connectivity index (χ1n) is 7.48. The van der Waals surface area contributed by atoms with E-state index >= 15 is 0 Å². The number of hydrogen-bond donors (Lipinski definition) is 3. The third-order valence-electron chi connectivity index (χ3n) is 4.06. The molecule has 0 aromatic carbocycles. The minimum Gasteiger partial charge on any atom is -0.481 e. The largest absolute Gasteiger partial charge is 0.481 e. The maximum atomic E-state index is 12.0. The molecule has 0 saturated heterocycles. The Hall–Kier alpha value is -1.26. The number of nitrogens with one attached hydrogen (secondary N) is 2. The lowest BCUT2D eigenvalue weighted by Crippen LogP contribution is -2.50. The van der Waals surface area contributed by atoms with Gasteiger partial charge in [0.25, 0.3) is 0 Å². The van der Waals surface area contributed by atoms with E-state index in [0.29, 0.717) is 0 Å². The average Bonchev–Trinajstić information content (AvgIpc) is 2.25. The SMILES string of the molecule is CC(C)C(CC(=O)O)NC(=O)NC1CCCC(C)(C)C1. The highest BCUT2D eigenvalue weighted by Crippen LogP contribution is 2.34. The van der Waals surface area contributed by atoms with Gasteiger partial charge in [-0.25, -0.2) is 4.79 Å². The number of hydrogen-bond acceptors (Lipinski definition) is 2. The summed E-state index contributed by atoms with van der Waals surface area (Å²) in [5.41, 5.74) is 0.273. The van der Waals surface area contributed by atoms with Crippen LogP contribution in [0.5, 0.6) is 0 Å². The van der Waals surface area contributed by atoms with Crippen molar-refractivity contribution in [3.63, 3.8) is 0 Å². The molecule has 0 aromatic rings. The number of rotatable bonds is 5. The highest BCUT2D eigenvalue weighted by Gasteiger charge is 2.29. The van der Waals surface area contributed by atoms with Crippen LogP contribution in [0.25, 0.3) is 0 Å². The molecular formula is C15H28N2O3. The first-order valence-corrected chi connectivity index (χ1v) is 7.48. The summed E-state index contributed by atoms with van der Waals surface area (Å²) in [7, 11) is 0. The fourth-order valence-electron chi connectivity index (χ4n) is 2.86. The van der Waals surface area contributed by atoms with Crippen molar-refractivity contribution in [1.82, 2.24) is 10.6 Å². The fraction of sp³-hybridized carbons (Fsp3) is 0.867. The zero-order valence-electron chi connectivity index (χ0n) is 13.0. The molecule has 5 nitrogen and oxygen atoms in total. The van der Waals surface area contributed by atoms with Gasteiger partial charge in [0.05, 0.1) is 6.42 Å². The van der Waals surface area contributed by atoms with Gasteiger partial charge in [-0.1, -0.05) is 34.1 Å². The van der Waals surface area contributed by atoms with Crippen LogP contribution in [-0.4, -0.2) is 29.2 Å². The zero-order chi connectivity index (χ0) is 15.3. The summed E-state index contributed by atoms with van der Waals surface area (Å²) in [6.07, 6.45) is 4.26. The highest BCUT2D eigenvalue weighted by atomic mass is 16.4. The molecule has 1 aliphatic carbocycles. The number of aliphatic carboxylic acids is 1. The average molecular weight is 284 g/mol. The summed E-state index contributed by atoms with van der Waals surface area (Å²) >= 11 is 0. The van der Waals surface area contributed by atoms with Gasteiger partial charge in [-0.05, 0) is 30.6 Å². The van der Waals surface area contributed by atoms with Gasteiger partial charge in [0.2, 0.25) is 0 Å². The van der Waals surface area contributed by atoms with Crippen molar-refractivity contribution in [3.05, 3.63) is 0 Å². The molecule has 0 bridgehead atoms. The van der Waals surface area contributed by atoms with Gasteiger partial charge in [-0.3, -0.25) is 4.79 Å². The molecule has 0 spiro atoms. The number of carboxylic acids is 1. The summed E-state index contributed by atoms with van der Waals surface area (Å²) in [6.45, 7) is 8.27. The van der Waals surface area contributed by atoms with Crippen molar-refractivity contribution in [2.75, 3.05) is 0 Å². The van der Waals surface area contributed by atoms with Gasteiger partial charge in [-0.2, -0.15) is 0 Å². The predicted molar refractivity (Wildman–Crippen MR) is 78.6 cm³/mol. The van der Waals surface area contributed by atoms with E-state index in [1.807, 2.05) is 13.8 Å². The standard InChI is InChI=1S/C15H28N2O3/c1-10(2)12(8-13(18)19)17-14(20)16-11-6-5-7-15(3,4)9-11/h10-12H,5-9H2,1-4H3,(H,18,19)(H2,16,17,20). The summed E-state index contributed by atoms with van der Waals surface area (Å²) < 4.78 is 0. The predicted octanol–water partition coefficient (Wildman–Crippen LogP) is 2.75. The van der Waals surface area contributed by atoms with Gasteiger partial charge >= 0.3 is 12.0 Å². The van der Waals surface area contributed by atoms with Gasteiger partial charge in [0.1, 0.15) is 0 Å². The second-order valence-corrected chi connectivity index (χ2v) is 7.02. The van der Waals surface area contributed by atoms with E-state index in [0.717, 1.165) is 19.3 Å². The summed E-state index contributed by atoms with van der Waals surface area (Å²) in [4.78, 5) is 22.8. The van der Waals surface area contributed by atoms with Crippen LogP contribution in [0.3, 0.4) is 0 Å². The number of amides is 2. The maximum absolute atomic E-state index is 12.0. The first kappa shape index (κ1) is 16.8. The van der Waals surface area contributed by atoms with E-state index in [1.165, 1.54) is 6.42 Å². The van der Waals surface area contributed by atoms with Crippen LogP contribution in [0.1, 0.15) is 59.8 Å². The van der Waals surface area contributed by atoms with Crippen LogP contribution in [0.4, 0.5) is 4.79 Å². The molecule has 1 saturated carbocycles. The van der Waals surface area contributed by atoms with E-state index in [4.69, 9.17) is 5.11 Å². The molecule has 0 radical (unpaired) electrons. The Kier molecular flexibility index (Phi) is 5.84. The molecule has 2 unspecified atom stereocenters. The molecule has 3 N–H and O–H groups in total. The summed E-state index contributed by atoms with van der Waals surface area (Å²) in [6, 6.07) is -0.381. The first-order chi connectivity index (χ1) is 9.19. The van der Waals surface area contributed by atoms with E-state index in [1.54, 1.807) is 0 Å². The van der Waals surface area contributed by atoms with Gasteiger partial charge < -0.3 is 15.7 Å². The zero-order valence-corrected chi connectivity index (χ0v) is 13.0. The van der Waals surface area contributed by atoms with E-state index in [9.17, 15) is 9.59 Å². The Morgan fingerprint density at radius 3 is 2.50 bits per heavy atom. The molecule has 1 aliphatic rings. The second kappa shape index (κ2) is 6.95. The molecule has 1 rings (SSSR count). The molecule has 116 valence electrons. The van der Waals surface area contributed by atoms with Crippen LogP contribution in [0, 0.1) is 11.3 Å². The molecule has 0 aliphatic heterocycles. The summed E-state index contributed by atoms with van der Waals surface area (Å²) in [5.74, 6) is -0.789. The van der Waals surface area contributed by atoms with Crippen molar-refractivity contribution in [2.45, 2.75) is 71.9 Å². The smallest absolute Gasteiger partial charge is 0.315 e. The Balaban J connectivity index is 2.47. The second-order valence-electron chi connectivity index (χ2n) is 7.02. The third-order valence-corrected chi connectivity index (χ3v) is 4.06. The van der Waals surface area contributed by atoms with Crippen LogP contribution < -0.4 is 10.6 Å². The van der Waals surface area contributed by atoms with E-state index in [-0.39, 0.29) is 35.9 Å². The molecular weight excluding hydrogens is 256 g/mol. The Morgan fingerprint density at radius 2 is 2.00 bits per heavy atom. The van der Waals surface area contributed by atoms with Gasteiger partial charge in [0.15, 0.2) is 0 Å². The number of carbonyl (C=O) groups is 2. The Bertz CT molecular complexity index is 353. The van der Waals surface area contributed by atoms with E-state index in [2.05, 4.69) is 24.5 Å². The number of carboxylic acid groups (broad SMARTS) is 1. The minimum absolute atomic E-state index is 0.0404. The molecule has 1 fully saturated rings. The van der Waals surface area contributed by atoms with E-state index < -0.39 is 5.97 Å². The molecule has 20 heavy (non-hydrogen) atoms. The Labute approximate surface area is 121 Å². The van der Waals surface area contributed by atoms with Crippen LogP contribution >= 0.6 is 0 Å². The highest BCUT2D eigenvalue weighted by molar-refractivity contribution is 5.76. The molecule has 0 aromatic heterocycles. The normalized spacial score (nSPS) is 23.1. The lowest BCUT2D eigenvalue weighted by molar-refractivity contribution is -0.137. The lowest BCUT2D eigenvalue weighted by Gasteiger charge is -2.35. The van der Waals surface area contributed by atoms with Crippen LogP contribution in [0.15, 0.2) is 0 Å². The Morgan fingerprint density at radius 1 is 1.35 bits per heavy atom.